The fourth-order valence-corrected chi connectivity index (χ4v) is 1.70. The number of nitrogens with zero attached hydrogens (tertiary/aromatic N) is 2. The van der Waals surface area contributed by atoms with E-state index < -0.39 is 4.92 Å². The van der Waals surface area contributed by atoms with Gasteiger partial charge in [0.2, 0.25) is 0 Å². The summed E-state index contributed by atoms with van der Waals surface area (Å²) in [4.78, 5) is 21.6. The van der Waals surface area contributed by atoms with Gasteiger partial charge in [-0.3, -0.25) is 14.9 Å². The number of alkyl halides is 1. The molecule has 0 aliphatic heterocycles. The van der Waals surface area contributed by atoms with Crippen LogP contribution in [0, 0.1) is 28.4 Å². The molecule has 6 heteroatoms. The molecule has 0 bridgehead atoms. The van der Waals surface area contributed by atoms with Crippen LogP contribution in [0.4, 0.5) is 5.69 Å². The average molecular weight is 283 g/mol. The number of hydrogen-bond donors (Lipinski definition) is 0. The highest BCUT2D eigenvalue weighted by Gasteiger charge is 2.22. The average Bonchev–Trinajstić information content (AvgIpc) is 2.26. The molecule has 0 aliphatic rings. The first-order chi connectivity index (χ1) is 7.52. The maximum atomic E-state index is 11.5. The molecule has 0 amide bonds. The first kappa shape index (κ1) is 12.3. The molecule has 0 atom stereocenters. The standard InChI is InChI=1S/C10H7BrN2O3/c1-6-8(9(14)4-11)3-2-7(5-12)10(6)13(15)16/h2-3H,4H2,1H3. The topological polar surface area (TPSA) is 84.0 Å². The monoisotopic (exact) mass is 282 g/mol. The Morgan fingerprint density at radius 1 is 1.62 bits per heavy atom. The molecule has 0 N–H and O–H groups in total. The zero-order valence-corrected chi connectivity index (χ0v) is 9.94. The Balaban J connectivity index is 3.51. The van der Waals surface area contributed by atoms with Crippen molar-refractivity contribution in [3.05, 3.63) is 38.9 Å². The second-order valence-corrected chi connectivity index (χ2v) is 3.62. The van der Waals surface area contributed by atoms with E-state index in [1.807, 2.05) is 0 Å². The molecule has 0 saturated heterocycles. The molecule has 0 fully saturated rings. The number of nitro benzene ring substituents is 1. The molecule has 5 nitrogen and oxygen atoms in total. The minimum Gasteiger partial charge on any atom is -0.293 e. The Morgan fingerprint density at radius 2 is 2.25 bits per heavy atom. The van der Waals surface area contributed by atoms with E-state index in [0.29, 0.717) is 0 Å². The molecule has 1 aromatic rings. The lowest BCUT2D eigenvalue weighted by Gasteiger charge is -2.04. The van der Waals surface area contributed by atoms with Crippen molar-refractivity contribution in [3.63, 3.8) is 0 Å². The summed E-state index contributed by atoms with van der Waals surface area (Å²) in [6, 6.07) is 4.46. The van der Waals surface area contributed by atoms with Crippen molar-refractivity contribution in [2.45, 2.75) is 6.92 Å². The van der Waals surface area contributed by atoms with E-state index >= 15 is 0 Å². The van der Waals surface area contributed by atoms with Gasteiger partial charge in [-0.25, -0.2) is 0 Å². The number of Topliss-reactive ketones (excluding diaryl/α,β-unsaturated/α-hetero) is 1. The number of halogens is 1. The Hall–Kier alpha value is -1.74. The van der Waals surface area contributed by atoms with E-state index in [2.05, 4.69) is 15.9 Å². The largest absolute Gasteiger partial charge is 0.293 e. The van der Waals surface area contributed by atoms with Crippen molar-refractivity contribution >= 4 is 27.4 Å². The fourth-order valence-electron chi connectivity index (χ4n) is 1.40. The molecular formula is C10H7BrN2O3. The summed E-state index contributed by atoms with van der Waals surface area (Å²) in [5.74, 6) is -0.245. The second-order valence-electron chi connectivity index (χ2n) is 3.06. The van der Waals surface area contributed by atoms with Gasteiger partial charge in [0.15, 0.2) is 5.78 Å². The number of rotatable bonds is 3. The van der Waals surface area contributed by atoms with Crippen LogP contribution in [-0.2, 0) is 0 Å². The predicted molar refractivity (Wildman–Crippen MR) is 60.7 cm³/mol. The van der Waals surface area contributed by atoms with E-state index in [1.165, 1.54) is 19.1 Å². The Labute approximate surface area is 100.0 Å². The molecule has 0 aliphatic carbocycles. The van der Waals surface area contributed by atoms with Crippen molar-refractivity contribution in [2.75, 3.05) is 5.33 Å². The van der Waals surface area contributed by atoms with Gasteiger partial charge in [-0.2, -0.15) is 5.26 Å². The van der Waals surface area contributed by atoms with Gasteiger partial charge in [0, 0.05) is 11.1 Å². The molecule has 0 radical (unpaired) electrons. The Kier molecular flexibility index (Phi) is 3.74. The first-order valence-electron chi connectivity index (χ1n) is 4.30. The summed E-state index contributed by atoms with van der Waals surface area (Å²) < 4.78 is 0. The quantitative estimate of drug-likeness (QED) is 0.369. The van der Waals surface area contributed by atoms with Gasteiger partial charge in [-0.1, -0.05) is 15.9 Å². The van der Waals surface area contributed by atoms with E-state index in [0.717, 1.165) is 0 Å². The van der Waals surface area contributed by atoms with Gasteiger partial charge in [0.1, 0.15) is 11.6 Å². The summed E-state index contributed by atoms with van der Waals surface area (Å²) in [6.45, 7) is 1.47. The highest BCUT2D eigenvalue weighted by Crippen LogP contribution is 2.26. The van der Waals surface area contributed by atoms with Crippen LogP contribution < -0.4 is 0 Å². The van der Waals surface area contributed by atoms with Gasteiger partial charge < -0.3 is 0 Å². The molecule has 0 saturated carbocycles. The van der Waals surface area contributed by atoms with Crippen molar-refractivity contribution in [1.82, 2.24) is 0 Å². The minimum absolute atomic E-state index is 0.0337. The van der Waals surface area contributed by atoms with E-state index in [1.54, 1.807) is 6.07 Å². The molecular weight excluding hydrogens is 276 g/mol. The number of ketones is 1. The molecule has 82 valence electrons. The Morgan fingerprint density at radius 3 is 2.69 bits per heavy atom. The minimum atomic E-state index is -0.640. The SMILES string of the molecule is Cc1c(C(=O)CBr)ccc(C#N)c1[N+](=O)[O-]. The fraction of sp³-hybridized carbons (Fsp3) is 0.200. The van der Waals surface area contributed by atoms with Crippen LogP contribution in [0.15, 0.2) is 12.1 Å². The van der Waals surface area contributed by atoms with Crippen LogP contribution in [0.3, 0.4) is 0 Å². The third kappa shape index (κ3) is 2.09. The highest BCUT2D eigenvalue weighted by atomic mass is 79.9. The van der Waals surface area contributed by atoms with E-state index in [-0.39, 0.29) is 33.5 Å². The summed E-state index contributed by atoms with van der Waals surface area (Å²) in [6.07, 6.45) is 0. The molecule has 0 aromatic heterocycles. The zero-order valence-electron chi connectivity index (χ0n) is 8.36. The maximum Gasteiger partial charge on any atom is 0.290 e. The molecule has 0 spiro atoms. The van der Waals surface area contributed by atoms with Gasteiger partial charge in [-0.15, -0.1) is 0 Å². The lowest BCUT2D eigenvalue weighted by molar-refractivity contribution is -0.385. The van der Waals surface area contributed by atoms with Gasteiger partial charge in [-0.05, 0) is 19.1 Å². The smallest absolute Gasteiger partial charge is 0.290 e. The lowest BCUT2D eigenvalue weighted by Crippen LogP contribution is -2.06. The predicted octanol–water partition coefficient (Wildman–Crippen LogP) is 2.35. The van der Waals surface area contributed by atoms with Crippen LogP contribution >= 0.6 is 15.9 Å². The van der Waals surface area contributed by atoms with E-state index in [9.17, 15) is 14.9 Å². The van der Waals surface area contributed by atoms with Gasteiger partial charge in [0.05, 0.1) is 10.3 Å². The number of carbonyl (C=O) groups is 1. The van der Waals surface area contributed by atoms with Crippen LogP contribution in [0.1, 0.15) is 21.5 Å². The van der Waals surface area contributed by atoms with Crippen molar-refractivity contribution in [3.8, 4) is 6.07 Å². The molecule has 16 heavy (non-hydrogen) atoms. The summed E-state index contributed by atoms with van der Waals surface area (Å²) >= 11 is 3.00. The Bertz CT molecular complexity index is 506. The van der Waals surface area contributed by atoms with Gasteiger partial charge in [0.25, 0.3) is 5.69 Å². The first-order valence-corrected chi connectivity index (χ1v) is 5.42. The van der Waals surface area contributed by atoms with Crippen molar-refractivity contribution in [2.24, 2.45) is 0 Å². The number of nitriles is 1. The van der Waals surface area contributed by atoms with Crippen molar-refractivity contribution in [1.29, 1.82) is 5.26 Å². The normalized spacial score (nSPS) is 9.56. The summed E-state index contributed by atoms with van der Waals surface area (Å²) in [5.41, 5.74) is 0.166. The number of nitro groups is 1. The highest BCUT2D eigenvalue weighted by molar-refractivity contribution is 9.09. The van der Waals surface area contributed by atoms with Crippen LogP contribution in [0.25, 0.3) is 0 Å². The molecule has 0 heterocycles. The summed E-state index contributed by atoms with van der Waals surface area (Å²) in [7, 11) is 0. The number of benzene rings is 1. The summed E-state index contributed by atoms with van der Waals surface area (Å²) in [5, 5.41) is 19.6. The number of carbonyl (C=O) groups excluding carboxylic acids is 1. The maximum absolute atomic E-state index is 11.5. The van der Waals surface area contributed by atoms with Crippen LogP contribution in [0.5, 0.6) is 0 Å². The van der Waals surface area contributed by atoms with Crippen LogP contribution in [-0.4, -0.2) is 16.0 Å². The third-order valence-corrected chi connectivity index (χ3v) is 2.67. The van der Waals surface area contributed by atoms with E-state index in [4.69, 9.17) is 5.26 Å². The zero-order chi connectivity index (χ0) is 12.3. The van der Waals surface area contributed by atoms with Crippen molar-refractivity contribution < 1.29 is 9.72 Å². The second kappa shape index (κ2) is 4.86. The molecule has 0 unspecified atom stereocenters. The van der Waals surface area contributed by atoms with Crippen LogP contribution in [0.2, 0.25) is 0 Å². The molecule has 1 aromatic carbocycles. The molecule has 1 rings (SSSR count). The lowest BCUT2D eigenvalue weighted by atomic mass is 10.0. The third-order valence-electron chi connectivity index (χ3n) is 2.16. The van der Waals surface area contributed by atoms with Gasteiger partial charge >= 0.3 is 0 Å². The number of hydrogen-bond acceptors (Lipinski definition) is 4.